The second-order valence-corrected chi connectivity index (χ2v) is 5.68. The lowest BCUT2D eigenvalue weighted by Crippen LogP contribution is -2.03. The molecule has 0 saturated heterocycles. The Morgan fingerprint density at radius 2 is 2.05 bits per heavy atom. The Morgan fingerprint density at radius 3 is 2.90 bits per heavy atom. The van der Waals surface area contributed by atoms with Crippen LogP contribution in [0.4, 0.5) is 0 Å². The number of hydrogen-bond donors (Lipinski definition) is 1. The lowest BCUT2D eigenvalue weighted by atomic mass is 9.99. The van der Waals surface area contributed by atoms with Crippen molar-refractivity contribution in [3.63, 3.8) is 0 Å². The summed E-state index contributed by atoms with van der Waals surface area (Å²) in [4.78, 5) is 0. The van der Waals surface area contributed by atoms with E-state index in [2.05, 4.69) is 0 Å². The van der Waals surface area contributed by atoms with Crippen LogP contribution < -0.4 is 4.74 Å². The fraction of sp³-hybridized carbons (Fsp3) is 0.250. The van der Waals surface area contributed by atoms with Crippen molar-refractivity contribution in [2.75, 3.05) is 6.61 Å². The predicted octanol–water partition coefficient (Wildman–Crippen LogP) is 4.20. The molecule has 2 aromatic rings. The van der Waals surface area contributed by atoms with Crippen LogP contribution in [0.3, 0.4) is 0 Å². The van der Waals surface area contributed by atoms with Crippen molar-refractivity contribution in [1.82, 2.24) is 0 Å². The van der Waals surface area contributed by atoms with Crippen molar-refractivity contribution in [1.29, 1.82) is 0 Å². The van der Waals surface area contributed by atoms with Gasteiger partial charge < -0.3 is 9.84 Å². The molecule has 1 aliphatic rings. The van der Waals surface area contributed by atoms with E-state index >= 15 is 0 Å². The molecule has 4 heteroatoms. The van der Waals surface area contributed by atoms with Gasteiger partial charge in [0.05, 0.1) is 22.8 Å². The van der Waals surface area contributed by atoms with Crippen molar-refractivity contribution >= 4 is 23.2 Å². The quantitative estimate of drug-likeness (QED) is 0.920. The van der Waals surface area contributed by atoms with Gasteiger partial charge in [0.2, 0.25) is 0 Å². The van der Waals surface area contributed by atoms with Crippen LogP contribution in [0.1, 0.15) is 22.8 Å². The number of rotatable bonds is 3. The number of ether oxygens (including phenoxy) is 1. The predicted molar refractivity (Wildman–Crippen MR) is 80.8 cm³/mol. The SMILES string of the molecule is OC(Cc1cccc(Cl)c1Cl)c1ccc2c(c1)CCO2. The molecule has 0 bridgehead atoms. The van der Waals surface area contributed by atoms with E-state index in [1.165, 1.54) is 0 Å². The summed E-state index contributed by atoms with van der Waals surface area (Å²) >= 11 is 12.1. The van der Waals surface area contributed by atoms with Gasteiger partial charge in [-0.3, -0.25) is 0 Å². The van der Waals surface area contributed by atoms with Gasteiger partial charge in [-0.2, -0.15) is 0 Å². The molecule has 1 N–H and O–H groups in total. The summed E-state index contributed by atoms with van der Waals surface area (Å²) in [6, 6.07) is 11.3. The topological polar surface area (TPSA) is 29.5 Å². The molecular formula is C16H14Cl2O2. The Labute approximate surface area is 127 Å². The Balaban J connectivity index is 1.82. The van der Waals surface area contributed by atoms with Crippen molar-refractivity contribution in [3.05, 3.63) is 63.1 Å². The number of aliphatic hydroxyl groups excluding tert-OH is 1. The zero-order valence-corrected chi connectivity index (χ0v) is 12.3. The van der Waals surface area contributed by atoms with Gasteiger partial charge in [0, 0.05) is 12.8 Å². The van der Waals surface area contributed by atoms with Crippen molar-refractivity contribution in [2.24, 2.45) is 0 Å². The highest BCUT2D eigenvalue weighted by Gasteiger charge is 2.17. The average Bonchev–Trinajstić information content (AvgIpc) is 2.91. The molecule has 3 rings (SSSR count). The summed E-state index contributed by atoms with van der Waals surface area (Å²) in [7, 11) is 0. The average molecular weight is 309 g/mol. The number of fused-ring (bicyclic) bond motifs is 1. The van der Waals surface area contributed by atoms with Crippen molar-refractivity contribution in [2.45, 2.75) is 18.9 Å². The maximum Gasteiger partial charge on any atom is 0.122 e. The number of halogens is 2. The Hall–Kier alpha value is -1.22. The molecule has 1 atom stereocenters. The number of hydrogen-bond acceptors (Lipinski definition) is 2. The molecule has 0 saturated carbocycles. The van der Waals surface area contributed by atoms with Gasteiger partial charge >= 0.3 is 0 Å². The highest BCUT2D eigenvalue weighted by molar-refractivity contribution is 6.42. The first-order chi connectivity index (χ1) is 9.65. The van der Waals surface area contributed by atoms with Crippen LogP contribution in [-0.4, -0.2) is 11.7 Å². The van der Waals surface area contributed by atoms with E-state index in [1.807, 2.05) is 30.3 Å². The number of aliphatic hydroxyl groups is 1. The first-order valence-corrected chi connectivity index (χ1v) is 7.27. The maximum absolute atomic E-state index is 10.4. The Morgan fingerprint density at radius 1 is 1.20 bits per heavy atom. The Bertz CT molecular complexity index is 640. The van der Waals surface area contributed by atoms with Gasteiger partial charge in [-0.25, -0.2) is 0 Å². The second kappa shape index (κ2) is 5.65. The lowest BCUT2D eigenvalue weighted by molar-refractivity contribution is 0.178. The summed E-state index contributed by atoms with van der Waals surface area (Å²) in [5.41, 5.74) is 2.88. The molecule has 1 heterocycles. The van der Waals surface area contributed by atoms with E-state index in [-0.39, 0.29) is 0 Å². The van der Waals surface area contributed by atoms with Gasteiger partial charge in [0.1, 0.15) is 5.75 Å². The van der Waals surface area contributed by atoms with E-state index in [9.17, 15) is 5.11 Å². The third kappa shape index (κ3) is 2.64. The van der Waals surface area contributed by atoms with E-state index in [0.29, 0.717) is 16.5 Å². The normalized spacial score (nSPS) is 14.8. The van der Waals surface area contributed by atoms with E-state index in [4.69, 9.17) is 27.9 Å². The van der Waals surface area contributed by atoms with E-state index in [0.717, 1.165) is 35.5 Å². The van der Waals surface area contributed by atoms with Gasteiger partial charge in [0.15, 0.2) is 0 Å². The molecule has 0 spiro atoms. The molecule has 1 aliphatic heterocycles. The Kier molecular flexibility index (Phi) is 3.88. The molecule has 20 heavy (non-hydrogen) atoms. The zero-order chi connectivity index (χ0) is 14.1. The van der Waals surface area contributed by atoms with Crippen LogP contribution in [0.2, 0.25) is 10.0 Å². The van der Waals surface area contributed by atoms with Crippen LogP contribution in [0, 0.1) is 0 Å². The molecular weight excluding hydrogens is 295 g/mol. The molecule has 2 aromatic carbocycles. The van der Waals surface area contributed by atoms with Gasteiger partial charge in [-0.15, -0.1) is 0 Å². The minimum Gasteiger partial charge on any atom is -0.493 e. The van der Waals surface area contributed by atoms with Crippen molar-refractivity contribution in [3.8, 4) is 5.75 Å². The standard InChI is InChI=1S/C16H14Cl2O2/c17-13-3-1-2-12(16(13)18)9-14(19)10-4-5-15-11(8-10)6-7-20-15/h1-5,8,14,19H,6-7,9H2. The summed E-state index contributed by atoms with van der Waals surface area (Å²) in [5.74, 6) is 0.918. The van der Waals surface area contributed by atoms with Gasteiger partial charge in [-0.1, -0.05) is 41.4 Å². The minimum absolute atomic E-state index is 0.443. The molecule has 0 amide bonds. The molecule has 0 radical (unpaired) electrons. The molecule has 1 unspecified atom stereocenters. The summed E-state index contributed by atoms with van der Waals surface area (Å²) in [6.45, 7) is 0.717. The molecule has 0 aliphatic carbocycles. The van der Waals surface area contributed by atoms with Gasteiger partial charge in [0.25, 0.3) is 0 Å². The highest BCUT2D eigenvalue weighted by atomic mass is 35.5. The smallest absolute Gasteiger partial charge is 0.122 e. The van der Waals surface area contributed by atoms with Crippen LogP contribution in [0.25, 0.3) is 0 Å². The van der Waals surface area contributed by atoms with Crippen LogP contribution in [0.5, 0.6) is 5.75 Å². The molecule has 2 nitrogen and oxygen atoms in total. The first-order valence-electron chi connectivity index (χ1n) is 6.52. The third-order valence-corrected chi connectivity index (χ3v) is 4.40. The fourth-order valence-electron chi connectivity index (χ4n) is 2.45. The maximum atomic E-state index is 10.4. The summed E-state index contributed by atoms with van der Waals surface area (Å²) < 4.78 is 5.47. The summed E-state index contributed by atoms with van der Waals surface area (Å²) in [5, 5.41) is 11.4. The highest BCUT2D eigenvalue weighted by Crippen LogP contribution is 2.32. The number of benzene rings is 2. The first kappa shape index (κ1) is 13.7. The zero-order valence-electron chi connectivity index (χ0n) is 10.8. The van der Waals surface area contributed by atoms with Crippen LogP contribution in [0.15, 0.2) is 36.4 Å². The molecule has 0 fully saturated rings. The summed E-state index contributed by atoms with van der Waals surface area (Å²) in [6.07, 6.45) is 0.740. The monoisotopic (exact) mass is 308 g/mol. The van der Waals surface area contributed by atoms with E-state index in [1.54, 1.807) is 6.07 Å². The lowest BCUT2D eigenvalue weighted by Gasteiger charge is -2.13. The third-order valence-electron chi connectivity index (χ3n) is 3.54. The largest absolute Gasteiger partial charge is 0.493 e. The fourth-order valence-corrected chi connectivity index (χ4v) is 2.84. The second-order valence-electron chi connectivity index (χ2n) is 4.90. The van der Waals surface area contributed by atoms with Crippen LogP contribution >= 0.6 is 23.2 Å². The van der Waals surface area contributed by atoms with Gasteiger partial charge in [-0.05, 0) is 34.9 Å². The molecule has 104 valence electrons. The van der Waals surface area contributed by atoms with E-state index < -0.39 is 6.10 Å². The molecule has 0 aromatic heterocycles. The van der Waals surface area contributed by atoms with Crippen molar-refractivity contribution < 1.29 is 9.84 Å². The van der Waals surface area contributed by atoms with Crippen LogP contribution in [-0.2, 0) is 12.8 Å². The minimum atomic E-state index is -0.600.